The molecule has 1 aliphatic heterocycles. The highest BCUT2D eigenvalue weighted by molar-refractivity contribution is 9.09. The second-order valence-corrected chi connectivity index (χ2v) is 4.68. The van der Waals surface area contributed by atoms with Gasteiger partial charge in [-0.15, -0.1) is 0 Å². The number of benzene rings is 1. The molecule has 0 saturated carbocycles. The van der Waals surface area contributed by atoms with Crippen LogP contribution < -0.4 is 4.90 Å². The fourth-order valence-corrected chi connectivity index (χ4v) is 2.01. The van der Waals surface area contributed by atoms with Gasteiger partial charge in [0.05, 0.1) is 13.2 Å². The normalized spacial score (nSPS) is 15.2. The van der Waals surface area contributed by atoms with Crippen LogP contribution in [0.2, 0.25) is 0 Å². The van der Waals surface area contributed by atoms with E-state index in [1.807, 2.05) is 0 Å². The van der Waals surface area contributed by atoms with Crippen LogP contribution in [0.4, 0.5) is 5.69 Å². The van der Waals surface area contributed by atoms with Crippen LogP contribution in [0, 0.1) is 11.8 Å². The molecule has 0 bridgehead atoms. The van der Waals surface area contributed by atoms with Crippen molar-refractivity contribution in [3.05, 3.63) is 29.8 Å². The van der Waals surface area contributed by atoms with Gasteiger partial charge in [0.1, 0.15) is 0 Å². The minimum absolute atomic E-state index is 0.819. The molecule has 1 aromatic carbocycles. The van der Waals surface area contributed by atoms with Crippen molar-refractivity contribution in [2.24, 2.45) is 0 Å². The number of alkyl halides is 1. The summed E-state index contributed by atoms with van der Waals surface area (Å²) < 4.78 is 5.36. The number of anilines is 1. The lowest BCUT2D eigenvalue weighted by molar-refractivity contribution is 0.122. The van der Waals surface area contributed by atoms with Crippen molar-refractivity contribution in [3.63, 3.8) is 0 Å². The Bertz CT molecular complexity index is 416. The summed E-state index contributed by atoms with van der Waals surface area (Å²) in [5, 5.41) is 0.934. The summed E-state index contributed by atoms with van der Waals surface area (Å²) in [6, 6.07) is 8.43. The Kier molecular flexibility index (Phi) is 4.90. The SMILES string of the molecule is BrCCC#Cc1cccc(N2CCOCC2)c1. The summed E-state index contributed by atoms with van der Waals surface area (Å²) in [5.41, 5.74) is 2.34. The van der Waals surface area contributed by atoms with Crippen molar-refractivity contribution in [2.45, 2.75) is 6.42 Å². The monoisotopic (exact) mass is 293 g/mol. The number of hydrogen-bond acceptors (Lipinski definition) is 2. The number of ether oxygens (including phenoxy) is 1. The van der Waals surface area contributed by atoms with E-state index in [-0.39, 0.29) is 0 Å². The second kappa shape index (κ2) is 6.68. The maximum Gasteiger partial charge on any atom is 0.0642 e. The molecule has 1 aromatic rings. The molecule has 2 nitrogen and oxygen atoms in total. The molecular weight excluding hydrogens is 278 g/mol. The molecule has 0 radical (unpaired) electrons. The van der Waals surface area contributed by atoms with E-state index >= 15 is 0 Å². The average Bonchev–Trinajstić information content (AvgIpc) is 2.41. The van der Waals surface area contributed by atoms with Crippen molar-refractivity contribution >= 4 is 21.6 Å². The number of nitrogens with zero attached hydrogens (tertiary/aromatic N) is 1. The molecular formula is C14H16BrNO. The maximum absolute atomic E-state index is 5.36. The van der Waals surface area contributed by atoms with Crippen LogP contribution in [0.5, 0.6) is 0 Å². The molecule has 17 heavy (non-hydrogen) atoms. The molecule has 0 atom stereocenters. The van der Waals surface area contributed by atoms with Crippen LogP contribution in [-0.4, -0.2) is 31.6 Å². The van der Waals surface area contributed by atoms with Gasteiger partial charge in [0.2, 0.25) is 0 Å². The summed E-state index contributed by atoms with van der Waals surface area (Å²) in [4.78, 5) is 2.35. The second-order valence-electron chi connectivity index (χ2n) is 3.89. The predicted molar refractivity (Wildman–Crippen MR) is 74.8 cm³/mol. The zero-order valence-corrected chi connectivity index (χ0v) is 11.4. The first kappa shape index (κ1) is 12.5. The molecule has 3 heteroatoms. The highest BCUT2D eigenvalue weighted by Gasteiger charge is 2.10. The summed E-state index contributed by atoms with van der Waals surface area (Å²) in [6.45, 7) is 3.58. The molecule has 0 amide bonds. The number of morpholine rings is 1. The zero-order chi connectivity index (χ0) is 11.9. The summed E-state index contributed by atoms with van der Waals surface area (Å²) in [7, 11) is 0. The molecule has 2 rings (SSSR count). The lowest BCUT2D eigenvalue weighted by Gasteiger charge is -2.28. The van der Waals surface area contributed by atoms with Gasteiger partial charge in [-0.05, 0) is 18.2 Å². The quantitative estimate of drug-likeness (QED) is 0.614. The molecule has 1 aliphatic rings. The van der Waals surface area contributed by atoms with Crippen molar-refractivity contribution in [2.75, 3.05) is 36.5 Å². The molecule has 0 aliphatic carbocycles. The fourth-order valence-electron chi connectivity index (χ4n) is 1.81. The summed E-state index contributed by atoms with van der Waals surface area (Å²) in [6.07, 6.45) is 0.891. The molecule has 1 saturated heterocycles. The van der Waals surface area contributed by atoms with Crippen LogP contribution in [0.3, 0.4) is 0 Å². The van der Waals surface area contributed by atoms with Crippen molar-refractivity contribution in [1.29, 1.82) is 0 Å². The maximum atomic E-state index is 5.36. The van der Waals surface area contributed by atoms with Gasteiger partial charge in [-0.25, -0.2) is 0 Å². The van der Waals surface area contributed by atoms with Crippen LogP contribution >= 0.6 is 15.9 Å². The first-order valence-electron chi connectivity index (χ1n) is 5.88. The Morgan fingerprint density at radius 3 is 2.88 bits per heavy atom. The molecule has 0 N–H and O–H groups in total. The topological polar surface area (TPSA) is 12.5 Å². The van der Waals surface area contributed by atoms with E-state index in [0.717, 1.165) is 43.6 Å². The average molecular weight is 294 g/mol. The van der Waals surface area contributed by atoms with Crippen molar-refractivity contribution < 1.29 is 4.74 Å². The minimum atomic E-state index is 0.819. The molecule has 1 heterocycles. The van der Waals surface area contributed by atoms with Gasteiger partial charge in [0, 0.05) is 36.1 Å². The Morgan fingerprint density at radius 1 is 1.29 bits per heavy atom. The third kappa shape index (κ3) is 3.76. The van der Waals surface area contributed by atoms with E-state index in [1.54, 1.807) is 0 Å². The smallest absolute Gasteiger partial charge is 0.0642 e. The fraction of sp³-hybridized carbons (Fsp3) is 0.429. The summed E-state index contributed by atoms with van der Waals surface area (Å²) in [5.74, 6) is 6.33. The molecule has 0 unspecified atom stereocenters. The number of hydrogen-bond donors (Lipinski definition) is 0. The molecule has 0 spiro atoms. The highest BCUT2D eigenvalue weighted by Crippen LogP contribution is 2.16. The minimum Gasteiger partial charge on any atom is -0.378 e. The van der Waals surface area contributed by atoms with Crippen LogP contribution in [-0.2, 0) is 4.74 Å². The van der Waals surface area contributed by atoms with Gasteiger partial charge in [0.15, 0.2) is 0 Å². The summed E-state index contributed by atoms with van der Waals surface area (Å²) >= 11 is 3.38. The van der Waals surface area contributed by atoms with E-state index in [1.165, 1.54) is 5.69 Å². The Morgan fingerprint density at radius 2 is 2.12 bits per heavy atom. The Hall–Kier alpha value is -0.980. The van der Waals surface area contributed by atoms with E-state index in [4.69, 9.17) is 4.74 Å². The highest BCUT2D eigenvalue weighted by atomic mass is 79.9. The van der Waals surface area contributed by atoms with Gasteiger partial charge in [-0.2, -0.15) is 0 Å². The van der Waals surface area contributed by atoms with Gasteiger partial charge in [-0.3, -0.25) is 0 Å². The van der Waals surface area contributed by atoms with E-state index < -0.39 is 0 Å². The van der Waals surface area contributed by atoms with Crippen molar-refractivity contribution in [3.8, 4) is 11.8 Å². The van der Waals surface area contributed by atoms with Crippen molar-refractivity contribution in [1.82, 2.24) is 0 Å². The third-order valence-electron chi connectivity index (χ3n) is 2.67. The van der Waals surface area contributed by atoms with E-state index in [9.17, 15) is 0 Å². The first-order chi connectivity index (χ1) is 8.40. The Balaban J connectivity index is 2.08. The van der Waals surface area contributed by atoms with Gasteiger partial charge in [0.25, 0.3) is 0 Å². The van der Waals surface area contributed by atoms with Gasteiger partial charge in [-0.1, -0.05) is 33.8 Å². The molecule has 0 aromatic heterocycles. The predicted octanol–water partition coefficient (Wildman–Crippen LogP) is 2.66. The molecule has 90 valence electrons. The van der Waals surface area contributed by atoms with Crippen LogP contribution in [0.1, 0.15) is 12.0 Å². The lowest BCUT2D eigenvalue weighted by Crippen LogP contribution is -2.36. The van der Waals surface area contributed by atoms with Gasteiger partial charge < -0.3 is 9.64 Å². The zero-order valence-electron chi connectivity index (χ0n) is 9.79. The molecule has 1 fully saturated rings. The third-order valence-corrected chi connectivity index (χ3v) is 3.07. The first-order valence-corrected chi connectivity index (χ1v) is 7.00. The van der Waals surface area contributed by atoms with E-state index in [0.29, 0.717) is 0 Å². The Labute approximate surface area is 111 Å². The number of halogens is 1. The largest absolute Gasteiger partial charge is 0.378 e. The van der Waals surface area contributed by atoms with E-state index in [2.05, 4.69) is 56.9 Å². The lowest BCUT2D eigenvalue weighted by atomic mass is 10.2. The van der Waals surface area contributed by atoms with Crippen LogP contribution in [0.25, 0.3) is 0 Å². The standard InChI is InChI=1S/C14H16BrNO/c15-7-2-1-4-13-5-3-6-14(12-13)16-8-10-17-11-9-16/h3,5-6,12H,2,7-11H2. The van der Waals surface area contributed by atoms with Gasteiger partial charge >= 0.3 is 0 Å². The number of rotatable bonds is 2. The van der Waals surface area contributed by atoms with Crippen LogP contribution in [0.15, 0.2) is 24.3 Å².